The van der Waals surface area contributed by atoms with Crippen LogP contribution in [0.2, 0.25) is 5.02 Å². The number of anilines is 2. The predicted octanol–water partition coefficient (Wildman–Crippen LogP) is 5.83. The van der Waals surface area contributed by atoms with Crippen LogP contribution in [0.5, 0.6) is 11.5 Å². The van der Waals surface area contributed by atoms with E-state index in [-0.39, 0.29) is 5.69 Å². The van der Waals surface area contributed by atoms with Gasteiger partial charge in [0.2, 0.25) is 0 Å². The van der Waals surface area contributed by atoms with Crippen LogP contribution in [-0.2, 0) is 6.61 Å². The largest absolute Gasteiger partial charge is 0.497 e. The van der Waals surface area contributed by atoms with Gasteiger partial charge in [0.25, 0.3) is 5.69 Å². The van der Waals surface area contributed by atoms with Crippen LogP contribution in [0.4, 0.5) is 17.2 Å². The van der Waals surface area contributed by atoms with E-state index in [9.17, 15) is 10.1 Å². The molecule has 4 aromatic rings. The van der Waals surface area contributed by atoms with Gasteiger partial charge in [-0.05, 0) is 48.9 Å². The molecule has 0 radical (unpaired) electrons. The van der Waals surface area contributed by atoms with Gasteiger partial charge in [0, 0.05) is 22.7 Å². The highest BCUT2D eigenvalue weighted by atomic mass is 35.5. The number of methoxy groups -OCH3 is 1. The fourth-order valence-corrected chi connectivity index (χ4v) is 3.44. The Morgan fingerprint density at radius 3 is 2.56 bits per heavy atom. The predicted molar refractivity (Wildman–Crippen MR) is 123 cm³/mol. The number of hydrogen-bond donors (Lipinski definition) is 1. The molecule has 0 fully saturated rings. The van der Waals surface area contributed by atoms with Crippen LogP contribution < -0.4 is 14.8 Å². The summed E-state index contributed by atoms with van der Waals surface area (Å²) in [5.74, 6) is 1.76. The Bertz CT molecular complexity index is 1300. The highest BCUT2D eigenvalue weighted by molar-refractivity contribution is 6.32. The summed E-state index contributed by atoms with van der Waals surface area (Å²) in [6.45, 7) is 2.03. The van der Waals surface area contributed by atoms with E-state index in [2.05, 4.69) is 15.3 Å². The minimum absolute atomic E-state index is 0.00987. The molecule has 0 aliphatic rings. The first-order valence-corrected chi connectivity index (χ1v) is 10.0. The molecule has 0 unspecified atom stereocenters. The van der Waals surface area contributed by atoms with Crippen molar-refractivity contribution in [2.45, 2.75) is 13.5 Å². The molecule has 0 spiro atoms. The van der Waals surface area contributed by atoms with Crippen molar-refractivity contribution >= 4 is 39.7 Å². The maximum Gasteiger partial charge on any atom is 0.273 e. The van der Waals surface area contributed by atoms with Crippen LogP contribution >= 0.6 is 11.6 Å². The SMILES string of the molecule is COc1ccc(COc2ccc(Nc3ncnc4cc(C)c([N+](=O)[O-])cc34)cc2Cl)cc1. The van der Waals surface area contributed by atoms with Crippen molar-refractivity contribution in [3.63, 3.8) is 0 Å². The fourth-order valence-electron chi connectivity index (χ4n) is 3.21. The third-order valence-electron chi connectivity index (χ3n) is 4.90. The summed E-state index contributed by atoms with van der Waals surface area (Å²) in [6, 6.07) is 16.0. The normalized spacial score (nSPS) is 10.7. The zero-order valence-corrected chi connectivity index (χ0v) is 18.1. The number of halogens is 1. The van der Waals surface area contributed by atoms with Gasteiger partial charge in [-0.1, -0.05) is 23.7 Å². The van der Waals surface area contributed by atoms with Gasteiger partial charge in [0.15, 0.2) is 0 Å². The number of nitro benzene ring substituents is 1. The molecule has 0 saturated carbocycles. The van der Waals surface area contributed by atoms with E-state index >= 15 is 0 Å². The molecule has 32 heavy (non-hydrogen) atoms. The van der Waals surface area contributed by atoms with Gasteiger partial charge in [0.1, 0.15) is 30.3 Å². The summed E-state index contributed by atoms with van der Waals surface area (Å²) in [5.41, 5.74) is 2.80. The molecule has 1 aromatic heterocycles. The third-order valence-corrected chi connectivity index (χ3v) is 5.19. The third kappa shape index (κ3) is 4.55. The van der Waals surface area contributed by atoms with E-state index in [0.717, 1.165) is 11.3 Å². The van der Waals surface area contributed by atoms with Crippen LogP contribution in [0.25, 0.3) is 10.9 Å². The van der Waals surface area contributed by atoms with E-state index in [1.54, 1.807) is 38.3 Å². The highest BCUT2D eigenvalue weighted by Crippen LogP contribution is 2.32. The summed E-state index contributed by atoms with van der Waals surface area (Å²) in [6.07, 6.45) is 1.41. The Kier molecular flexibility index (Phi) is 6.04. The lowest BCUT2D eigenvalue weighted by Crippen LogP contribution is -1.99. The van der Waals surface area contributed by atoms with E-state index in [1.807, 2.05) is 24.3 Å². The van der Waals surface area contributed by atoms with Crippen molar-refractivity contribution in [2.24, 2.45) is 0 Å². The molecule has 9 heteroatoms. The molecule has 3 aromatic carbocycles. The first-order valence-electron chi connectivity index (χ1n) is 9.66. The van der Waals surface area contributed by atoms with Gasteiger partial charge >= 0.3 is 0 Å². The lowest BCUT2D eigenvalue weighted by Gasteiger charge is -2.12. The Labute approximate surface area is 188 Å². The smallest absolute Gasteiger partial charge is 0.273 e. The summed E-state index contributed by atoms with van der Waals surface area (Å²) in [4.78, 5) is 19.4. The monoisotopic (exact) mass is 450 g/mol. The Hall–Kier alpha value is -3.91. The van der Waals surface area contributed by atoms with Crippen molar-refractivity contribution < 1.29 is 14.4 Å². The number of aryl methyl sites for hydroxylation is 1. The first-order chi connectivity index (χ1) is 15.4. The zero-order valence-electron chi connectivity index (χ0n) is 17.3. The molecule has 0 saturated heterocycles. The van der Waals surface area contributed by atoms with E-state index in [0.29, 0.717) is 45.4 Å². The number of aromatic nitrogens is 2. The molecule has 0 aliphatic heterocycles. The molecule has 1 N–H and O–H groups in total. The summed E-state index contributed by atoms with van der Waals surface area (Å²) < 4.78 is 11.0. The molecule has 8 nitrogen and oxygen atoms in total. The number of benzene rings is 3. The number of fused-ring (bicyclic) bond motifs is 1. The van der Waals surface area contributed by atoms with Crippen molar-refractivity contribution in [3.8, 4) is 11.5 Å². The molecule has 0 atom stereocenters. The standard InChI is InChI=1S/C23H19ClN4O4/c1-14-9-20-18(11-21(14)28(29)30)23(26-13-25-20)27-16-5-8-22(19(24)10-16)32-12-15-3-6-17(31-2)7-4-15/h3-11,13H,12H2,1-2H3,(H,25,26,27). The van der Waals surface area contributed by atoms with Gasteiger partial charge in [-0.15, -0.1) is 0 Å². The van der Waals surface area contributed by atoms with Gasteiger partial charge in [-0.2, -0.15) is 0 Å². The number of rotatable bonds is 7. The Morgan fingerprint density at radius 2 is 1.88 bits per heavy atom. The quantitative estimate of drug-likeness (QED) is 0.279. The number of nitro groups is 1. The second-order valence-corrected chi connectivity index (χ2v) is 7.45. The second-order valence-electron chi connectivity index (χ2n) is 7.04. The molecule has 0 aliphatic carbocycles. The molecule has 162 valence electrons. The number of nitrogens with zero attached hydrogens (tertiary/aromatic N) is 3. The van der Waals surface area contributed by atoms with Crippen LogP contribution in [-0.4, -0.2) is 22.0 Å². The average molecular weight is 451 g/mol. The lowest BCUT2D eigenvalue weighted by atomic mass is 10.1. The van der Waals surface area contributed by atoms with E-state index < -0.39 is 4.92 Å². The van der Waals surface area contributed by atoms with Crippen LogP contribution in [0.3, 0.4) is 0 Å². The van der Waals surface area contributed by atoms with Crippen molar-refractivity contribution in [3.05, 3.63) is 87.2 Å². The van der Waals surface area contributed by atoms with Crippen LogP contribution in [0, 0.1) is 17.0 Å². The minimum atomic E-state index is -0.419. The molecule has 0 amide bonds. The van der Waals surface area contributed by atoms with Crippen molar-refractivity contribution in [2.75, 3.05) is 12.4 Å². The summed E-state index contributed by atoms with van der Waals surface area (Å²) >= 11 is 6.41. The Balaban J connectivity index is 1.54. The highest BCUT2D eigenvalue weighted by Gasteiger charge is 2.15. The lowest BCUT2D eigenvalue weighted by molar-refractivity contribution is -0.385. The van der Waals surface area contributed by atoms with Crippen LogP contribution in [0.1, 0.15) is 11.1 Å². The fraction of sp³-hybridized carbons (Fsp3) is 0.130. The molecule has 1 heterocycles. The molecule has 4 rings (SSSR count). The van der Waals surface area contributed by atoms with Gasteiger partial charge in [-0.3, -0.25) is 10.1 Å². The van der Waals surface area contributed by atoms with Crippen LogP contribution in [0.15, 0.2) is 60.9 Å². The maximum absolute atomic E-state index is 11.3. The number of ether oxygens (including phenoxy) is 2. The second kappa shape index (κ2) is 9.07. The van der Waals surface area contributed by atoms with E-state index in [4.69, 9.17) is 21.1 Å². The van der Waals surface area contributed by atoms with Gasteiger partial charge < -0.3 is 14.8 Å². The maximum atomic E-state index is 11.3. The van der Waals surface area contributed by atoms with Crippen molar-refractivity contribution in [1.29, 1.82) is 0 Å². The summed E-state index contributed by atoms with van der Waals surface area (Å²) in [7, 11) is 1.62. The zero-order chi connectivity index (χ0) is 22.7. The van der Waals surface area contributed by atoms with Gasteiger partial charge in [-0.25, -0.2) is 9.97 Å². The number of hydrogen-bond acceptors (Lipinski definition) is 7. The van der Waals surface area contributed by atoms with E-state index in [1.165, 1.54) is 12.4 Å². The van der Waals surface area contributed by atoms with Gasteiger partial charge in [0.05, 0.1) is 22.6 Å². The first kappa shape index (κ1) is 21.3. The topological polar surface area (TPSA) is 99.4 Å². The Morgan fingerprint density at radius 1 is 1.09 bits per heavy atom. The number of nitrogens with one attached hydrogen (secondary N) is 1. The summed E-state index contributed by atoms with van der Waals surface area (Å²) in [5, 5.41) is 15.4. The molecular weight excluding hydrogens is 432 g/mol. The average Bonchev–Trinajstić information content (AvgIpc) is 2.78. The minimum Gasteiger partial charge on any atom is -0.497 e. The van der Waals surface area contributed by atoms with Crippen molar-refractivity contribution in [1.82, 2.24) is 9.97 Å². The molecular formula is C23H19ClN4O4. The molecule has 0 bridgehead atoms.